The number of carbonyl (C=O) groups excluding carboxylic acids is 2. The molecule has 0 saturated carbocycles. The van der Waals surface area contributed by atoms with Crippen LogP contribution in [0.3, 0.4) is 0 Å². The molecule has 19 heavy (non-hydrogen) atoms. The zero-order valence-corrected chi connectivity index (χ0v) is 10.5. The van der Waals surface area contributed by atoms with Crippen LogP contribution >= 0.6 is 0 Å². The summed E-state index contributed by atoms with van der Waals surface area (Å²) in [4.78, 5) is 24.3. The van der Waals surface area contributed by atoms with E-state index in [-0.39, 0.29) is 25.0 Å². The summed E-state index contributed by atoms with van der Waals surface area (Å²) in [6.45, 7) is 0.681. The van der Waals surface area contributed by atoms with Crippen molar-refractivity contribution in [3.8, 4) is 11.5 Å². The average Bonchev–Trinajstić information content (AvgIpc) is 2.98. The second kappa shape index (κ2) is 4.55. The Morgan fingerprint density at radius 3 is 2.95 bits per heavy atom. The third-order valence-corrected chi connectivity index (χ3v) is 3.40. The van der Waals surface area contributed by atoms with Crippen LogP contribution in [0.1, 0.15) is 12.0 Å². The fourth-order valence-electron chi connectivity index (χ4n) is 2.28. The van der Waals surface area contributed by atoms with E-state index in [4.69, 9.17) is 9.47 Å². The van der Waals surface area contributed by atoms with Crippen LogP contribution in [0.5, 0.6) is 11.5 Å². The first-order chi connectivity index (χ1) is 9.16. The molecule has 1 unspecified atom stereocenters. The number of likely N-dealkylation sites (tertiary alicyclic amines) is 1. The maximum absolute atomic E-state index is 11.8. The summed E-state index contributed by atoms with van der Waals surface area (Å²) in [5.74, 6) is 1.08. The predicted molar refractivity (Wildman–Crippen MR) is 65.6 cm³/mol. The molecule has 2 amide bonds. The average molecular weight is 262 g/mol. The number of nitrogens with one attached hydrogen (secondary N) is 1. The molecule has 100 valence electrons. The van der Waals surface area contributed by atoms with Crippen molar-refractivity contribution in [1.82, 2.24) is 10.2 Å². The van der Waals surface area contributed by atoms with Gasteiger partial charge in [-0.2, -0.15) is 0 Å². The van der Waals surface area contributed by atoms with Crippen LogP contribution in [-0.4, -0.2) is 36.6 Å². The molecule has 1 saturated heterocycles. The lowest BCUT2D eigenvalue weighted by Gasteiger charge is -2.12. The highest BCUT2D eigenvalue weighted by atomic mass is 16.7. The molecular formula is C13H14N2O4. The zero-order valence-electron chi connectivity index (χ0n) is 10.5. The summed E-state index contributed by atoms with van der Waals surface area (Å²) in [7, 11) is 1.50. The van der Waals surface area contributed by atoms with Gasteiger partial charge in [-0.1, -0.05) is 12.1 Å². The number of fused-ring (bicyclic) bond motifs is 1. The van der Waals surface area contributed by atoms with Crippen LogP contribution < -0.4 is 14.8 Å². The van der Waals surface area contributed by atoms with Crippen molar-refractivity contribution in [3.63, 3.8) is 0 Å². The van der Waals surface area contributed by atoms with Crippen molar-refractivity contribution >= 4 is 11.8 Å². The summed E-state index contributed by atoms with van der Waals surface area (Å²) >= 11 is 0. The molecule has 2 aliphatic heterocycles. The lowest BCUT2D eigenvalue weighted by molar-refractivity contribution is -0.137. The number of amides is 2. The van der Waals surface area contributed by atoms with Crippen LogP contribution in [-0.2, 0) is 16.1 Å². The highest BCUT2D eigenvalue weighted by molar-refractivity contribution is 6.05. The summed E-state index contributed by atoms with van der Waals surface area (Å²) in [6.07, 6.45) is 0.210. The zero-order chi connectivity index (χ0) is 13.4. The maximum Gasteiger partial charge on any atom is 0.246 e. The molecular weight excluding hydrogens is 248 g/mol. The molecule has 1 atom stereocenters. The summed E-state index contributed by atoms with van der Waals surface area (Å²) in [5, 5.41) is 3.09. The normalized spacial score (nSPS) is 21.3. The molecule has 1 aromatic carbocycles. The Hall–Kier alpha value is -2.08. The van der Waals surface area contributed by atoms with Crippen molar-refractivity contribution in [2.75, 3.05) is 13.8 Å². The predicted octanol–water partition coefficient (Wildman–Crippen LogP) is 0.262. The number of hydrogen-bond donors (Lipinski definition) is 1. The van der Waals surface area contributed by atoms with Crippen molar-refractivity contribution < 1.29 is 19.1 Å². The molecule has 6 heteroatoms. The standard InChI is InChI=1S/C13H14N2O4/c1-15-11(16)5-9(13(15)17)14-6-8-3-2-4-10-12(8)19-7-18-10/h2-4,9,14H,5-7H2,1H3. The molecule has 1 aromatic rings. The van der Waals surface area contributed by atoms with Gasteiger partial charge in [0.05, 0.1) is 12.5 Å². The van der Waals surface area contributed by atoms with Gasteiger partial charge in [-0.05, 0) is 6.07 Å². The van der Waals surface area contributed by atoms with Crippen LogP contribution in [0.15, 0.2) is 18.2 Å². The highest BCUT2D eigenvalue weighted by Crippen LogP contribution is 2.35. The first kappa shape index (κ1) is 12.0. The molecule has 2 heterocycles. The van der Waals surface area contributed by atoms with E-state index in [1.807, 2.05) is 18.2 Å². The maximum atomic E-state index is 11.8. The van der Waals surface area contributed by atoms with Crippen molar-refractivity contribution in [2.45, 2.75) is 19.0 Å². The summed E-state index contributed by atoms with van der Waals surface area (Å²) < 4.78 is 10.7. The van der Waals surface area contributed by atoms with Gasteiger partial charge in [0.2, 0.25) is 18.6 Å². The number of ether oxygens (including phenoxy) is 2. The molecule has 6 nitrogen and oxygen atoms in total. The Bertz CT molecular complexity index is 543. The van der Waals surface area contributed by atoms with E-state index in [1.165, 1.54) is 7.05 Å². The molecule has 0 aliphatic carbocycles. The molecule has 0 bridgehead atoms. The van der Waals surface area contributed by atoms with Gasteiger partial charge in [-0.3, -0.25) is 14.5 Å². The summed E-state index contributed by atoms with van der Waals surface area (Å²) in [5.41, 5.74) is 0.921. The monoisotopic (exact) mass is 262 g/mol. The molecule has 1 fully saturated rings. The van der Waals surface area contributed by atoms with Crippen molar-refractivity contribution in [1.29, 1.82) is 0 Å². The SMILES string of the molecule is CN1C(=O)CC(NCc2cccc3c2OCO3)C1=O. The van der Waals surface area contributed by atoms with Gasteiger partial charge in [0, 0.05) is 19.2 Å². The van der Waals surface area contributed by atoms with Crippen LogP contribution in [0.25, 0.3) is 0 Å². The smallest absolute Gasteiger partial charge is 0.246 e. The first-order valence-electron chi connectivity index (χ1n) is 6.08. The summed E-state index contributed by atoms with van der Waals surface area (Å²) in [6, 6.07) is 5.17. The van der Waals surface area contributed by atoms with E-state index in [2.05, 4.69) is 5.32 Å². The van der Waals surface area contributed by atoms with E-state index in [0.717, 1.165) is 10.5 Å². The Morgan fingerprint density at radius 1 is 1.37 bits per heavy atom. The third-order valence-electron chi connectivity index (χ3n) is 3.40. The van der Waals surface area contributed by atoms with Gasteiger partial charge >= 0.3 is 0 Å². The molecule has 2 aliphatic rings. The first-order valence-corrected chi connectivity index (χ1v) is 6.08. The van der Waals surface area contributed by atoms with E-state index in [9.17, 15) is 9.59 Å². The van der Waals surface area contributed by atoms with E-state index in [1.54, 1.807) is 0 Å². The largest absolute Gasteiger partial charge is 0.454 e. The van der Waals surface area contributed by atoms with E-state index in [0.29, 0.717) is 18.0 Å². The number of benzene rings is 1. The quantitative estimate of drug-likeness (QED) is 0.791. The van der Waals surface area contributed by atoms with Crippen molar-refractivity contribution in [3.05, 3.63) is 23.8 Å². The third kappa shape index (κ3) is 2.04. The van der Waals surface area contributed by atoms with Gasteiger partial charge in [-0.15, -0.1) is 0 Å². The van der Waals surface area contributed by atoms with Gasteiger partial charge in [0.15, 0.2) is 11.5 Å². The van der Waals surface area contributed by atoms with Gasteiger partial charge < -0.3 is 14.8 Å². The number of hydrogen-bond acceptors (Lipinski definition) is 5. The van der Waals surface area contributed by atoms with Gasteiger partial charge in [0.1, 0.15) is 0 Å². The van der Waals surface area contributed by atoms with E-state index >= 15 is 0 Å². The van der Waals surface area contributed by atoms with Crippen molar-refractivity contribution in [2.24, 2.45) is 0 Å². The topological polar surface area (TPSA) is 67.9 Å². The minimum absolute atomic E-state index is 0.152. The number of rotatable bonds is 3. The number of carbonyl (C=O) groups is 2. The highest BCUT2D eigenvalue weighted by Gasteiger charge is 2.35. The number of imide groups is 1. The Labute approximate surface area is 110 Å². The van der Waals surface area contributed by atoms with Gasteiger partial charge in [-0.25, -0.2) is 0 Å². The minimum Gasteiger partial charge on any atom is -0.454 e. The minimum atomic E-state index is -0.448. The fraction of sp³-hybridized carbons (Fsp3) is 0.385. The van der Waals surface area contributed by atoms with Gasteiger partial charge in [0.25, 0.3) is 0 Å². The Kier molecular flexibility index (Phi) is 2.87. The fourth-order valence-corrected chi connectivity index (χ4v) is 2.28. The van der Waals surface area contributed by atoms with Crippen LogP contribution in [0.4, 0.5) is 0 Å². The molecule has 0 aromatic heterocycles. The number of para-hydroxylation sites is 1. The van der Waals surface area contributed by atoms with E-state index < -0.39 is 6.04 Å². The molecule has 3 rings (SSSR count). The molecule has 0 spiro atoms. The van der Waals surface area contributed by atoms with Crippen LogP contribution in [0, 0.1) is 0 Å². The second-order valence-corrected chi connectivity index (χ2v) is 4.58. The van der Waals surface area contributed by atoms with Crippen LogP contribution in [0.2, 0.25) is 0 Å². The Morgan fingerprint density at radius 2 is 2.21 bits per heavy atom. The lowest BCUT2D eigenvalue weighted by Crippen LogP contribution is -2.36. The lowest BCUT2D eigenvalue weighted by atomic mass is 10.1. The molecule has 1 N–H and O–H groups in total. The Balaban J connectivity index is 1.69. The number of likely N-dealkylation sites (N-methyl/N-ethyl adjacent to an activating group) is 1. The second-order valence-electron chi connectivity index (χ2n) is 4.58. The molecule has 0 radical (unpaired) electrons. The number of nitrogens with zero attached hydrogens (tertiary/aromatic N) is 1.